The van der Waals surface area contributed by atoms with Gasteiger partial charge in [0.05, 0.1) is 13.1 Å². The van der Waals surface area contributed by atoms with Crippen LogP contribution in [0.15, 0.2) is 41.8 Å². The number of rotatable bonds is 6. The number of thiophene rings is 1. The summed E-state index contributed by atoms with van der Waals surface area (Å²) in [6.07, 6.45) is 0. The lowest BCUT2D eigenvalue weighted by Gasteiger charge is -2.16. The number of hydrogen-bond acceptors (Lipinski definition) is 2. The topological polar surface area (TPSA) is 33.5 Å². The summed E-state index contributed by atoms with van der Waals surface area (Å²) in [6.45, 7) is 3.27. The quantitative estimate of drug-likeness (QED) is 0.840. The first kappa shape index (κ1) is 16.0. The molecular formula is C16H20ClN2OS+. The number of amides is 1. The van der Waals surface area contributed by atoms with Crippen LogP contribution in [0.4, 0.5) is 0 Å². The summed E-state index contributed by atoms with van der Waals surface area (Å²) in [7, 11) is 2.02. The van der Waals surface area contributed by atoms with Gasteiger partial charge in [0.25, 0.3) is 5.91 Å². The summed E-state index contributed by atoms with van der Waals surface area (Å²) in [5.74, 6) is 0.0716. The van der Waals surface area contributed by atoms with Crippen LogP contribution in [0.1, 0.15) is 23.4 Å². The van der Waals surface area contributed by atoms with E-state index in [1.54, 1.807) is 11.3 Å². The first-order valence-corrected chi connectivity index (χ1v) is 8.19. The third-order valence-electron chi connectivity index (χ3n) is 3.23. The number of hydrogen-bond donors (Lipinski definition) is 2. The SMILES string of the molecule is C[C@@H](NC(=O)C[NH+](C)Cc1ccc(Cl)cc1)c1cccs1. The van der Waals surface area contributed by atoms with Crippen LogP contribution in [0.25, 0.3) is 0 Å². The van der Waals surface area contributed by atoms with Gasteiger partial charge in [-0.25, -0.2) is 0 Å². The maximum absolute atomic E-state index is 12.1. The Balaban J connectivity index is 1.80. The summed E-state index contributed by atoms with van der Waals surface area (Å²) >= 11 is 7.53. The number of quaternary nitrogens is 1. The van der Waals surface area contributed by atoms with Crippen molar-refractivity contribution in [2.75, 3.05) is 13.6 Å². The van der Waals surface area contributed by atoms with E-state index >= 15 is 0 Å². The van der Waals surface area contributed by atoms with Crippen LogP contribution in [0.2, 0.25) is 5.02 Å². The van der Waals surface area contributed by atoms with Crippen molar-refractivity contribution in [1.29, 1.82) is 0 Å². The Morgan fingerprint density at radius 1 is 1.33 bits per heavy atom. The molecule has 21 heavy (non-hydrogen) atoms. The largest absolute Gasteiger partial charge is 0.344 e. The molecule has 2 atom stereocenters. The molecule has 2 aromatic rings. The third-order valence-corrected chi connectivity index (χ3v) is 4.54. The monoisotopic (exact) mass is 323 g/mol. The highest BCUT2D eigenvalue weighted by atomic mass is 35.5. The van der Waals surface area contributed by atoms with E-state index in [0.29, 0.717) is 6.54 Å². The summed E-state index contributed by atoms with van der Waals surface area (Å²) in [5, 5.41) is 5.80. The molecule has 1 amide bonds. The fourth-order valence-electron chi connectivity index (χ4n) is 2.19. The molecule has 3 nitrogen and oxygen atoms in total. The summed E-state index contributed by atoms with van der Waals surface area (Å²) < 4.78 is 0. The first-order valence-electron chi connectivity index (χ1n) is 6.93. The second-order valence-corrected chi connectivity index (χ2v) is 6.66. The zero-order valence-corrected chi connectivity index (χ0v) is 13.8. The number of benzene rings is 1. The van der Waals surface area contributed by atoms with Gasteiger partial charge < -0.3 is 10.2 Å². The highest BCUT2D eigenvalue weighted by Crippen LogP contribution is 2.17. The van der Waals surface area contributed by atoms with E-state index in [-0.39, 0.29) is 11.9 Å². The van der Waals surface area contributed by atoms with Gasteiger partial charge in [-0.15, -0.1) is 11.3 Å². The first-order chi connectivity index (χ1) is 10.0. The van der Waals surface area contributed by atoms with Gasteiger partial charge >= 0.3 is 0 Å². The second kappa shape index (κ2) is 7.59. The normalized spacial score (nSPS) is 13.7. The Morgan fingerprint density at radius 2 is 2.05 bits per heavy atom. The predicted molar refractivity (Wildman–Crippen MR) is 87.8 cm³/mol. The Hall–Kier alpha value is -1.36. The molecule has 2 rings (SSSR count). The van der Waals surface area contributed by atoms with E-state index < -0.39 is 0 Å². The van der Waals surface area contributed by atoms with Crippen LogP contribution >= 0.6 is 22.9 Å². The lowest BCUT2D eigenvalue weighted by molar-refractivity contribution is -0.885. The molecule has 0 saturated carbocycles. The average molecular weight is 324 g/mol. The van der Waals surface area contributed by atoms with Crippen molar-refractivity contribution in [3.8, 4) is 0 Å². The Kier molecular flexibility index (Phi) is 5.79. The van der Waals surface area contributed by atoms with E-state index in [9.17, 15) is 4.79 Å². The van der Waals surface area contributed by atoms with Gasteiger partial charge in [0.1, 0.15) is 6.54 Å². The minimum atomic E-state index is 0.0702. The number of carbonyl (C=O) groups excluding carboxylic acids is 1. The Bertz CT molecular complexity index is 568. The van der Waals surface area contributed by atoms with Gasteiger partial charge in [-0.1, -0.05) is 29.8 Å². The fourth-order valence-corrected chi connectivity index (χ4v) is 3.05. The van der Waals surface area contributed by atoms with Gasteiger partial charge in [-0.2, -0.15) is 0 Å². The standard InChI is InChI=1S/C16H19ClN2OS/c1-12(15-4-3-9-21-15)18-16(20)11-19(2)10-13-5-7-14(17)8-6-13/h3-9,12H,10-11H2,1-2H3,(H,18,20)/p+1/t12-/m1/s1. The van der Waals surface area contributed by atoms with Crippen LogP contribution in [0.3, 0.4) is 0 Å². The number of halogens is 1. The molecule has 1 heterocycles. The Morgan fingerprint density at radius 3 is 2.67 bits per heavy atom. The van der Waals surface area contributed by atoms with Crippen molar-refractivity contribution >= 4 is 28.8 Å². The van der Waals surface area contributed by atoms with Crippen molar-refractivity contribution in [3.63, 3.8) is 0 Å². The molecule has 0 aliphatic rings. The maximum atomic E-state index is 12.1. The summed E-state index contributed by atoms with van der Waals surface area (Å²) in [4.78, 5) is 14.4. The third kappa shape index (κ3) is 5.16. The van der Waals surface area contributed by atoms with Crippen molar-refractivity contribution < 1.29 is 9.69 Å². The van der Waals surface area contributed by atoms with Crippen LogP contribution < -0.4 is 10.2 Å². The van der Waals surface area contributed by atoms with E-state index in [4.69, 9.17) is 11.6 Å². The number of carbonyl (C=O) groups is 1. The molecule has 0 aliphatic carbocycles. The van der Waals surface area contributed by atoms with Crippen molar-refractivity contribution in [1.82, 2.24) is 5.32 Å². The molecule has 0 bridgehead atoms. The molecule has 0 aliphatic heterocycles. The zero-order chi connectivity index (χ0) is 15.2. The Labute approximate surface area is 134 Å². The molecule has 112 valence electrons. The molecule has 0 fully saturated rings. The predicted octanol–water partition coefficient (Wildman–Crippen LogP) is 2.29. The molecule has 1 aromatic heterocycles. The molecule has 1 unspecified atom stereocenters. The van der Waals surface area contributed by atoms with E-state index in [0.717, 1.165) is 16.5 Å². The molecular weight excluding hydrogens is 304 g/mol. The molecule has 0 radical (unpaired) electrons. The van der Waals surface area contributed by atoms with E-state index in [2.05, 4.69) is 5.32 Å². The van der Waals surface area contributed by atoms with Crippen LogP contribution in [0, 0.1) is 0 Å². The average Bonchev–Trinajstić information content (AvgIpc) is 2.95. The van der Waals surface area contributed by atoms with E-state index in [1.807, 2.05) is 55.7 Å². The van der Waals surface area contributed by atoms with Crippen molar-refractivity contribution in [3.05, 3.63) is 57.2 Å². The maximum Gasteiger partial charge on any atom is 0.275 e. The fraction of sp³-hybridized carbons (Fsp3) is 0.312. The van der Waals surface area contributed by atoms with Crippen molar-refractivity contribution in [2.24, 2.45) is 0 Å². The minimum absolute atomic E-state index is 0.0702. The molecule has 2 N–H and O–H groups in total. The highest BCUT2D eigenvalue weighted by Gasteiger charge is 2.14. The summed E-state index contributed by atoms with van der Waals surface area (Å²) in [6, 6.07) is 11.9. The number of nitrogens with one attached hydrogen (secondary N) is 2. The second-order valence-electron chi connectivity index (χ2n) is 5.24. The number of likely N-dealkylation sites (N-methyl/N-ethyl adjacent to an activating group) is 1. The summed E-state index contributed by atoms with van der Waals surface area (Å²) in [5.41, 5.74) is 1.18. The highest BCUT2D eigenvalue weighted by molar-refractivity contribution is 7.10. The van der Waals surface area contributed by atoms with Gasteiger partial charge in [0, 0.05) is 15.5 Å². The lowest BCUT2D eigenvalue weighted by Crippen LogP contribution is -3.08. The van der Waals surface area contributed by atoms with Gasteiger partial charge in [0.2, 0.25) is 0 Å². The van der Waals surface area contributed by atoms with Crippen LogP contribution in [0.5, 0.6) is 0 Å². The van der Waals surface area contributed by atoms with Gasteiger partial charge in [0.15, 0.2) is 6.54 Å². The minimum Gasteiger partial charge on any atom is -0.344 e. The van der Waals surface area contributed by atoms with Gasteiger partial charge in [-0.05, 0) is 30.5 Å². The molecule has 5 heteroatoms. The molecule has 0 spiro atoms. The van der Waals surface area contributed by atoms with E-state index in [1.165, 1.54) is 10.4 Å². The van der Waals surface area contributed by atoms with Crippen LogP contribution in [-0.2, 0) is 11.3 Å². The molecule has 1 aromatic carbocycles. The smallest absolute Gasteiger partial charge is 0.275 e. The lowest BCUT2D eigenvalue weighted by atomic mass is 10.2. The van der Waals surface area contributed by atoms with Crippen LogP contribution in [-0.4, -0.2) is 19.5 Å². The molecule has 0 saturated heterocycles. The zero-order valence-electron chi connectivity index (χ0n) is 12.2. The van der Waals surface area contributed by atoms with Gasteiger partial charge in [-0.3, -0.25) is 4.79 Å². The van der Waals surface area contributed by atoms with Crippen molar-refractivity contribution in [2.45, 2.75) is 19.5 Å².